The van der Waals surface area contributed by atoms with Crippen molar-refractivity contribution in [2.45, 2.75) is 6.42 Å². The van der Waals surface area contributed by atoms with E-state index in [1.54, 1.807) is 11.9 Å². The number of nitrogens with two attached hydrogens (primary N) is 1. The topological polar surface area (TPSA) is 108 Å². The summed E-state index contributed by atoms with van der Waals surface area (Å²) in [5.74, 6) is -0.340. The van der Waals surface area contributed by atoms with Gasteiger partial charge >= 0.3 is 0 Å². The highest BCUT2D eigenvalue weighted by molar-refractivity contribution is 5.93. The molecule has 1 aliphatic heterocycles. The second kappa shape index (κ2) is 4.40. The maximum atomic E-state index is 12.0. The van der Waals surface area contributed by atoms with Crippen LogP contribution in [0.3, 0.4) is 0 Å². The lowest BCUT2D eigenvalue weighted by Crippen LogP contribution is -2.38. The van der Waals surface area contributed by atoms with Crippen molar-refractivity contribution in [3.05, 3.63) is 5.82 Å². The molecule has 0 aliphatic carbocycles. The van der Waals surface area contributed by atoms with Gasteiger partial charge in [0.15, 0.2) is 0 Å². The Labute approximate surface area is 97.8 Å². The molecule has 2 rings (SSSR count). The summed E-state index contributed by atoms with van der Waals surface area (Å²) in [6, 6.07) is 0. The van der Waals surface area contributed by atoms with Gasteiger partial charge in [-0.3, -0.25) is 14.7 Å². The predicted octanol–water partition coefficient (Wildman–Crippen LogP) is -1.31. The van der Waals surface area contributed by atoms with E-state index in [2.05, 4.69) is 15.2 Å². The molecular weight excluding hydrogens is 224 g/mol. The molecule has 2 amide bonds. The van der Waals surface area contributed by atoms with Crippen LogP contribution in [-0.4, -0.2) is 63.5 Å². The zero-order valence-electron chi connectivity index (χ0n) is 9.51. The third kappa shape index (κ3) is 2.35. The first-order valence-electron chi connectivity index (χ1n) is 5.29. The van der Waals surface area contributed by atoms with E-state index < -0.39 is 0 Å². The summed E-state index contributed by atoms with van der Waals surface area (Å²) in [5.41, 5.74) is 5.33. The fraction of sp³-hybridized carbons (Fsp3) is 0.556. The number of H-pyrrole nitrogens is 1. The Morgan fingerprint density at radius 2 is 2.24 bits per heavy atom. The maximum absolute atomic E-state index is 12.0. The van der Waals surface area contributed by atoms with E-state index in [1.807, 2.05) is 0 Å². The standard InChI is InChI=1S/C9H14N6O2/c1-14-3-2-4-15(5-6(14)16)8(17)7-11-9(10)13-12-7/h2-5H2,1H3,(H3,10,11,12,13). The average molecular weight is 238 g/mol. The van der Waals surface area contributed by atoms with Gasteiger partial charge in [-0.2, -0.15) is 4.98 Å². The number of hydrogen-bond acceptors (Lipinski definition) is 5. The van der Waals surface area contributed by atoms with Crippen LogP contribution in [0.15, 0.2) is 0 Å². The van der Waals surface area contributed by atoms with Gasteiger partial charge in [-0.25, -0.2) is 0 Å². The van der Waals surface area contributed by atoms with Crippen molar-refractivity contribution < 1.29 is 9.59 Å². The fourth-order valence-electron chi connectivity index (χ4n) is 1.68. The van der Waals surface area contributed by atoms with Crippen molar-refractivity contribution in [2.75, 3.05) is 32.4 Å². The minimum Gasteiger partial charge on any atom is -0.366 e. The number of aromatic nitrogens is 3. The van der Waals surface area contributed by atoms with Gasteiger partial charge in [-0.05, 0) is 6.42 Å². The van der Waals surface area contributed by atoms with Crippen molar-refractivity contribution in [1.29, 1.82) is 0 Å². The summed E-state index contributed by atoms with van der Waals surface area (Å²) in [6.07, 6.45) is 0.748. The Morgan fingerprint density at radius 1 is 1.47 bits per heavy atom. The third-order valence-corrected chi connectivity index (χ3v) is 2.67. The Balaban J connectivity index is 2.11. The summed E-state index contributed by atoms with van der Waals surface area (Å²) in [5, 5.41) is 6.04. The van der Waals surface area contributed by atoms with E-state index in [0.29, 0.717) is 13.1 Å². The number of hydrogen-bond donors (Lipinski definition) is 2. The molecule has 0 bridgehead atoms. The van der Waals surface area contributed by atoms with E-state index >= 15 is 0 Å². The van der Waals surface area contributed by atoms with Crippen LogP contribution >= 0.6 is 0 Å². The van der Waals surface area contributed by atoms with Gasteiger partial charge in [0.2, 0.25) is 17.7 Å². The molecule has 0 saturated carbocycles. The molecule has 17 heavy (non-hydrogen) atoms. The molecule has 3 N–H and O–H groups in total. The van der Waals surface area contributed by atoms with Crippen LogP contribution in [0.5, 0.6) is 0 Å². The zero-order chi connectivity index (χ0) is 12.4. The summed E-state index contributed by atoms with van der Waals surface area (Å²) in [6.45, 7) is 1.24. The maximum Gasteiger partial charge on any atom is 0.291 e. The zero-order valence-corrected chi connectivity index (χ0v) is 9.51. The molecule has 0 aromatic carbocycles. The minimum atomic E-state index is -0.349. The molecule has 1 aliphatic rings. The third-order valence-electron chi connectivity index (χ3n) is 2.67. The highest BCUT2D eigenvalue weighted by Gasteiger charge is 2.25. The molecule has 1 saturated heterocycles. The number of anilines is 1. The number of carbonyl (C=O) groups is 2. The van der Waals surface area contributed by atoms with Crippen molar-refractivity contribution in [3.63, 3.8) is 0 Å². The quantitative estimate of drug-likeness (QED) is 0.631. The molecule has 8 heteroatoms. The number of nitrogens with zero attached hydrogens (tertiary/aromatic N) is 4. The SMILES string of the molecule is CN1CCCN(C(=O)c2nc(N)n[nH]2)CC1=O. The van der Waals surface area contributed by atoms with Gasteiger partial charge in [0.1, 0.15) is 6.54 Å². The fourth-order valence-corrected chi connectivity index (χ4v) is 1.68. The normalized spacial score (nSPS) is 17.1. The second-order valence-corrected chi connectivity index (χ2v) is 3.94. The van der Waals surface area contributed by atoms with E-state index in [1.165, 1.54) is 4.90 Å². The molecule has 0 spiro atoms. The van der Waals surface area contributed by atoms with Crippen LogP contribution < -0.4 is 5.73 Å². The highest BCUT2D eigenvalue weighted by Crippen LogP contribution is 2.06. The molecule has 1 aromatic heterocycles. The van der Waals surface area contributed by atoms with Crippen molar-refractivity contribution >= 4 is 17.8 Å². The second-order valence-electron chi connectivity index (χ2n) is 3.94. The summed E-state index contributed by atoms with van der Waals surface area (Å²) < 4.78 is 0. The Kier molecular flexibility index (Phi) is 2.94. The number of aromatic amines is 1. The minimum absolute atomic E-state index is 0.0200. The van der Waals surface area contributed by atoms with Crippen LogP contribution in [-0.2, 0) is 4.79 Å². The number of amides is 2. The van der Waals surface area contributed by atoms with Gasteiger partial charge in [-0.1, -0.05) is 0 Å². The van der Waals surface area contributed by atoms with Crippen LogP contribution in [0, 0.1) is 0 Å². The molecule has 0 radical (unpaired) electrons. The summed E-state index contributed by atoms with van der Waals surface area (Å²) in [7, 11) is 1.72. The van der Waals surface area contributed by atoms with E-state index in [9.17, 15) is 9.59 Å². The molecular formula is C9H14N6O2. The predicted molar refractivity (Wildman–Crippen MR) is 59.0 cm³/mol. The van der Waals surface area contributed by atoms with Gasteiger partial charge < -0.3 is 15.5 Å². The van der Waals surface area contributed by atoms with Crippen LogP contribution in [0.1, 0.15) is 17.0 Å². The van der Waals surface area contributed by atoms with Crippen molar-refractivity contribution in [2.24, 2.45) is 0 Å². The lowest BCUT2D eigenvalue weighted by atomic mass is 10.3. The average Bonchev–Trinajstić information content (AvgIpc) is 2.65. The molecule has 0 atom stereocenters. The van der Waals surface area contributed by atoms with Gasteiger partial charge in [0.25, 0.3) is 5.91 Å². The highest BCUT2D eigenvalue weighted by atomic mass is 16.2. The molecule has 2 heterocycles. The Hall–Kier alpha value is -2.12. The largest absolute Gasteiger partial charge is 0.366 e. The van der Waals surface area contributed by atoms with E-state index in [0.717, 1.165) is 6.42 Å². The van der Waals surface area contributed by atoms with Gasteiger partial charge in [-0.15, -0.1) is 5.10 Å². The van der Waals surface area contributed by atoms with Crippen molar-refractivity contribution in [1.82, 2.24) is 25.0 Å². The Bertz CT molecular complexity index is 442. The lowest BCUT2D eigenvalue weighted by Gasteiger charge is -2.18. The first-order chi connectivity index (χ1) is 8.08. The molecule has 1 fully saturated rings. The summed E-state index contributed by atoms with van der Waals surface area (Å²) >= 11 is 0. The summed E-state index contributed by atoms with van der Waals surface area (Å²) in [4.78, 5) is 30.4. The molecule has 1 aromatic rings. The van der Waals surface area contributed by atoms with Crippen LogP contribution in [0.2, 0.25) is 0 Å². The molecule has 8 nitrogen and oxygen atoms in total. The lowest BCUT2D eigenvalue weighted by molar-refractivity contribution is -0.129. The number of nitrogen functional groups attached to an aromatic ring is 1. The number of rotatable bonds is 1. The monoisotopic (exact) mass is 238 g/mol. The Morgan fingerprint density at radius 3 is 2.88 bits per heavy atom. The van der Waals surface area contributed by atoms with E-state index in [-0.39, 0.29) is 30.1 Å². The van der Waals surface area contributed by atoms with Crippen LogP contribution in [0.4, 0.5) is 5.95 Å². The van der Waals surface area contributed by atoms with Crippen molar-refractivity contribution in [3.8, 4) is 0 Å². The number of nitrogens with one attached hydrogen (secondary N) is 1. The van der Waals surface area contributed by atoms with E-state index in [4.69, 9.17) is 5.73 Å². The molecule has 92 valence electrons. The smallest absolute Gasteiger partial charge is 0.291 e. The number of likely N-dealkylation sites (N-methyl/N-ethyl adjacent to an activating group) is 1. The first-order valence-corrected chi connectivity index (χ1v) is 5.29. The molecule has 0 unspecified atom stereocenters. The first kappa shape index (κ1) is 11.4. The van der Waals surface area contributed by atoms with Gasteiger partial charge in [0.05, 0.1) is 0 Å². The number of carbonyl (C=O) groups excluding carboxylic acids is 2. The van der Waals surface area contributed by atoms with Gasteiger partial charge in [0, 0.05) is 20.1 Å². The van der Waals surface area contributed by atoms with Crippen LogP contribution in [0.25, 0.3) is 0 Å².